The summed E-state index contributed by atoms with van der Waals surface area (Å²) in [5, 5.41) is 12.6. The van der Waals surface area contributed by atoms with E-state index in [1.165, 1.54) is 18.2 Å². The molecule has 4 rings (SSSR count). The highest BCUT2D eigenvalue weighted by molar-refractivity contribution is 7.99. The fourth-order valence-electron chi connectivity index (χ4n) is 4.96. The number of thioether (sulfide) groups is 1. The van der Waals surface area contributed by atoms with Crippen LogP contribution < -0.4 is 0 Å². The van der Waals surface area contributed by atoms with Crippen LogP contribution in [0.15, 0.2) is 35.5 Å². The number of para-hydroxylation sites is 1. The summed E-state index contributed by atoms with van der Waals surface area (Å²) in [6.45, 7) is 7.86. The average molecular weight is 372 g/mol. The third-order valence-electron chi connectivity index (χ3n) is 5.50. The second-order valence-electron chi connectivity index (χ2n) is 8.73. The van der Waals surface area contributed by atoms with Gasteiger partial charge in [0.15, 0.2) is 0 Å². The number of rotatable bonds is 4. The molecule has 2 aromatic rings. The number of hydrogen-bond donors (Lipinski definition) is 0. The van der Waals surface area contributed by atoms with Gasteiger partial charge in [0, 0.05) is 12.6 Å². The molecule has 1 aromatic carbocycles. The Kier molecular flexibility index (Phi) is 4.29. The number of tetrazole rings is 1. The molecule has 2 aliphatic rings. The molecule has 2 fully saturated rings. The molecule has 1 aromatic heterocycles. The van der Waals surface area contributed by atoms with E-state index >= 15 is 0 Å². The van der Waals surface area contributed by atoms with Crippen LogP contribution in [0.4, 0.5) is 0 Å². The van der Waals surface area contributed by atoms with Crippen molar-refractivity contribution in [2.24, 2.45) is 10.8 Å². The molecule has 1 aliphatic heterocycles. The van der Waals surface area contributed by atoms with Gasteiger partial charge in [0.2, 0.25) is 11.1 Å². The molecule has 0 radical (unpaired) electrons. The largest absolute Gasteiger partial charge is 0.338 e. The van der Waals surface area contributed by atoms with Crippen molar-refractivity contribution in [2.75, 3.05) is 12.3 Å². The van der Waals surface area contributed by atoms with Gasteiger partial charge in [-0.2, -0.15) is 4.68 Å². The van der Waals surface area contributed by atoms with Crippen molar-refractivity contribution in [3.05, 3.63) is 30.3 Å². The quantitative estimate of drug-likeness (QED) is 0.773. The van der Waals surface area contributed by atoms with Gasteiger partial charge in [0.1, 0.15) is 0 Å². The first kappa shape index (κ1) is 17.5. The number of carbonyl (C=O) groups excluding carboxylic acids is 1. The molecule has 2 atom stereocenters. The topological polar surface area (TPSA) is 63.9 Å². The SMILES string of the molecule is CC1(C)CC2CC(C)(CN2C(=O)CSc2nnnn2-c2ccccc2)C1. The standard InChI is InChI=1S/C19H25N5OS/c1-18(2)9-15-10-19(3,12-18)13-23(15)16(25)11-26-17-20-21-22-24(17)14-7-5-4-6-8-14/h4-8,15H,9-13H2,1-3H3. The maximum Gasteiger partial charge on any atom is 0.233 e. The van der Waals surface area contributed by atoms with Gasteiger partial charge < -0.3 is 4.90 Å². The number of nitrogens with zero attached hydrogens (tertiary/aromatic N) is 5. The van der Waals surface area contributed by atoms with Gasteiger partial charge in [-0.3, -0.25) is 4.79 Å². The van der Waals surface area contributed by atoms with Gasteiger partial charge in [0.05, 0.1) is 11.4 Å². The van der Waals surface area contributed by atoms with Gasteiger partial charge in [-0.15, -0.1) is 5.10 Å². The summed E-state index contributed by atoms with van der Waals surface area (Å²) in [4.78, 5) is 15.0. The number of carbonyl (C=O) groups is 1. The Balaban J connectivity index is 1.44. The van der Waals surface area contributed by atoms with Crippen molar-refractivity contribution in [1.29, 1.82) is 0 Å². The zero-order valence-electron chi connectivity index (χ0n) is 15.6. The summed E-state index contributed by atoms with van der Waals surface area (Å²) in [5.74, 6) is 0.573. The Labute approximate surface area is 158 Å². The van der Waals surface area contributed by atoms with Crippen molar-refractivity contribution < 1.29 is 4.79 Å². The Morgan fingerprint density at radius 3 is 2.77 bits per heavy atom. The summed E-state index contributed by atoms with van der Waals surface area (Å²) in [7, 11) is 0. The lowest BCUT2D eigenvalue weighted by Gasteiger charge is -2.39. The lowest BCUT2D eigenvalue weighted by Crippen LogP contribution is -2.38. The van der Waals surface area contributed by atoms with Crippen LogP contribution in [0.1, 0.15) is 40.0 Å². The number of likely N-dealkylation sites (tertiary alicyclic amines) is 1. The van der Waals surface area contributed by atoms with E-state index in [9.17, 15) is 4.79 Å². The molecule has 1 saturated carbocycles. The molecule has 1 saturated heterocycles. The predicted octanol–water partition coefficient (Wildman–Crippen LogP) is 3.18. The Morgan fingerprint density at radius 1 is 1.23 bits per heavy atom. The predicted molar refractivity (Wildman–Crippen MR) is 101 cm³/mol. The van der Waals surface area contributed by atoms with E-state index in [4.69, 9.17) is 0 Å². The van der Waals surface area contributed by atoms with Crippen LogP contribution in [0, 0.1) is 10.8 Å². The molecule has 26 heavy (non-hydrogen) atoms. The molecule has 1 amide bonds. The summed E-state index contributed by atoms with van der Waals surface area (Å²) in [6.07, 6.45) is 3.43. The highest BCUT2D eigenvalue weighted by Crippen LogP contribution is 2.52. The molecule has 6 nitrogen and oxygen atoms in total. The summed E-state index contributed by atoms with van der Waals surface area (Å²) >= 11 is 1.41. The van der Waals surface area contributed by atoms with Crippen molar-refractivity contribution in [1.82, 2.24) is 25.1 Å². The summed E-state index contributed by atoms with van der Waals surface area (Å²) in [6, 6.07) is 10.1. The lowest BCUT2D eigenvalue weighted by molar-refractivity contribution is -0.129. The van der Waals surface area contributed by atoms with Crippen LogP contribution in [-0.4, -0.2) is 49.4 Å². The lowest BCUT2D eigenvalue weighted by atomic mass is 9.65. The fourth-order valence-corrected chi connectivity index (χ4v) is 5.74. The van der Waals surface area contributed by atoms with E-state index in [1.807, 2.05) is 30.3 Å². The molecule has 2 unspecified atom stereocenters. The van der Waals surface area contributed by atoms with Crippen molar-refractivity contribution in [2.45, 2.75) is 51.2 Å². The zero-order chi connectivity index (χ0) is 18.4. The van der Waals surface area contributed by atoms with Gasteiger partial charge >= 0.3 is 0 Å². The highest BCUT2D eigenvalue weighted by Gasteiger charge is 2.50. The molecule has 138 valence electrons. The summed E-state index contributed by atoms with van der Waals surface area (Å²) in [5.41, 5.74) is 1.48. The van der Waals surface area contributed by atoms with Gasteiger partial charge in [-0.25, -0.2) is 0 Å². The Morgan fingerprint density at radius 2 is 2.00 bits per heavy atom. The molecular weight excluding hydrogens is 346 g/mol. The molecule has 0 spiro atoms. The molecule has 0 N–H and O–H groups in total. The van der Waals surface area contributed by atoms with E-state index < -0.39 is 0 Å². The summed E-state index contributed by atoms with van der Waals surface area (Å²) < 4.78 is 1.69. The van der Waals surface area contributed by atoms with Gasteiger partial charge in [-0.05, 0) is 52.7 Å². The van der Waals surface area contributed by atoms with E-state index in [1.54, 1.807) is 4.68 Å². The van der Waals surface area contributed by atoms with Crippen molar-refractivity contribution in [3.63, 3.8) is 0 Å². The van der Waals surface area contributed by atoms with Gasteiger partial charge in [0.25, 0.3) is 0 Å². The van der Waals surface area contributed by atoms with Gasteiger partial charge in [-0.1, -0.05) is 50.7 Å². The second-order valence-corrected chi connectivity index (χ2v) is 9.68. The number of benzene rings is 1. The maximum atomic E-state index is 12.9. The molecule has 1 aliphatic carbocycles. The van der Waals surface area contributed by atoms with Crippen LogP contribution in [0.3, 0.4) is 0 Å². The Bertz CT molecular complexity index is 805. The third kappa shape index (κ3) is 3.37. The smallest absolute Gasteiger partial charge is 0.233 e. The highest BCUT2D eigenvalue weighted by atomic mass is 32.2. The fraction of sp³-hybridized carbons (Fsp3) is 0.579. The number of fused-ring (bicyclic) bond motifs is 2. The van der Waals surface area contributed by atoms with Crippen molar-refractivity contribution in [3.8, 4) is 5.69 Å². The minimum atomic E-state index is 0.198. The van der Waals surface area contributed by atoms with Crippen molar-refractivity contribution >= 4 is 17.7 Å². The number of aromatic nitrogens is 4. The molecule has 2 bridgehead atoms. The van der Waals surface area contributed by atoms with Crippen LogP contribution >= 0.6 is 11.8 Å². The van der Waals surface area contributed by atoms with Crippen LogP contribution in [0.2, 0.25) is 0 Å². The monoisotopic (exact) mass is 371 g/mol. The zero-order valence-corrected chi connectivity index (χ0v) is 16.4. The molecule has 2 heterocycles. The number of hydrogen-bond acceptors (Lipinski definition) is 5. The second kappa shape index (κ2) is 6.37. The van der Waals surface area contributed by atoms with E-state index in [-0.39, 0.29) is 11.3 Å². The Hall–Kier alpha value is -1.89. The van der Waals surface area contributed by atoms with E-state index in [2.05, 4.69) is 41.2 Å². The third-order valence-corrected chi connectivity index (χ3v) is 6.41. The average Bonchev–Trinajstić information content (AvgIpc) is 3.14. The van der Waals surface area contributed by atoms with E-state index in [0.29, 0.717) is 22.4 Å². The normalized spacial score (nSPS) is 26.9. The minimum Gasteiger partial charge on any atom is -0.338 e. The number of amides is 1. The van der Waals surface area contributed by atoms with E-state index in [0.717, 1.165) is 25.1 Å². The van der Waals surface area contributed by atoms with Crippen LogP contribution in [-0.2, 0) is 4.79 Å². The first-order chi connectivity index (χ1) is 12.4. The first-order valence-electron chi connectivity index (χ1n) is 9.11. The maximum absolute atomic E-state index is 12.9. The first-order valence-corrected chi connectivity index (χ1v) is 10.1. The van der Waals surface area contributed by atoms with Crippen LogP contribution in [0.5, 0.6) is 0 Å². The minimum absolute atomic E-state index is 0.198. The molecular formula is C19H25N5OS. The molecule has 7 heteroatoms. The van der Waals surface area contributed by atoms with Crippen LogP contribution in [0.25, 0.3) is 5.69 Å².